The number of pyridine rings is 2. The van der Waals surface area contributed by atoms with Gasteiger partial charge in [-0.1, -0.05) is 38.1 Å². The molecule has 3 heterocycles. The minimum atomic E-state index is 0.570. The Morgan fingerprint density at radius 1 is 1.08 bits per heavy atom. The molecule has 4 aromatic rings. The van der Waals surface area contributed by atoms with Gasteiger partial charge in [0, 0.05) is 31.8 Å². The van der Waals surface area contributed by atoms with Crippen molar-refractivity contribution in [2.45, 2.75) is 53.2 Å². The van der Waals surface area contributed by atoms with Crippen molar-refractivity contribution in [3.05, 3.63) is 73.2 Å². The number of benzene rings is 1. The Morgan fingerprint density at radius 2 is 1.92 bits per heavy atom. The Balaban J connectivity index is 0.000000342. The van der Waals surface area contributed by atoms with E-state index in [9.17, 15) is 0 Å². The molecule has 7 heteroatoms. The molecule has 3 aromatic heterocycles. The van der Waals surface area contributed by atoms with Crippen molar-refractivity contribution in [1.29, 1.82) is 0 Å². The highest BCUT2D eigenvalue weighted by Crippen LogP contribution is 2.29. The summed E-state index contributed by atoms with van der Waals surface area (Å²) >= 11 is 0. The summed E-state index contributed by atoms with van der Waals surface area (Å²) in [6.07, 6.45) is 7.81. The number of hydrogen-bond acceptors (Lipinski definition) is 6. The van der Waals surface area contributed by atoms with Gasteiger partial charge >= 0.3 is 0 Å². The zero-order chi connectivity index (χ0) is 27.3. The third-order valence-corrected chi connectivity index (χ3v) is 6.13. The smallest absolute Gasteiger partial charge is 0.0977 e. The van der Waals surface area contributed by atoms with Gasteiger partial charge in [0.15, 0.2) is 0 Å². The molecule has 0 bridgehead atoms. The highest BCUT2D eigenvalue weighted by Gasteiger charge is 2.13. The number of nitrogens with zero attached hydrogens (tertiary/aromatic N) is 4. The fraction of sp³-hybridized carbons (Fsp3) is 0.387. The van der Waals surface area contributed by atoms with E-state index in [0.717, 1.165) is 64.4 Å². The van der Waals surface area contributed by atoms with Crippen molar-refractivity contribution in [3.8, 4) is 22.6 Å². The van der Waals surface area contributed by atoms with Crippen LogP contribution in [0.25, 0.3) is 33.7 Å². The lowest BCUT2D eigenvalue weighted by Gasteiger charge is -2.23. The molecule has 0 amide bonds. The van der Waals surface area contributed by atoms with Crippen LogP contribution in [0.15, 0.2) is 67.6 Å². The number of H-pyrrole nitrogens is 1. The van der Waals surface area contributed by atoms with E-state index in [-0.39, 0.29) is 0 Å². The molecule has 0 spiro atoms. The monoisotopic (exact) mass is 514 g/mol. The molecule has 0 saturated heterocycles. The van der Waals surface area contributed by atoms with Gasteiger partial charge in [-0.15, -0.1) is 6.58 Å². The third-order valence-electron chi connectivity index (χ3n) is 6.13. The molecule has 0 aliphatic heterocycles. The van der Waals surface area contributed by atoms with Crippen LogP contribution in [-0.2, 0) is 11.3 Å². The summed E-state index contributed by atoms with van der Waals surface area (Å²) in [5.41, 5.74) is 7.45. The molecular formula is C31H42N6O. The number of nitrogens with one attached hydrogen (secondary N) is 2. The maximum atomic E-state index is 5.25. The first-order valence-electron chi connectivity index (χ1n) is 13.5. The SMILES string of the molecule is C=CCN(CCC)C(C)C.CCCNc1cnc2ccc(-c3[nH]cnc3-c3cccc(COC)c3)nc2c1. The number of anilines is 1. The molecule has 0 aliphatic carbocycles. The number of fused-ring (bicyclic) bond motifs is 1. The lowest BCUT2D eigenvalue weighted by molar-refractivity contribution is 0.185. The van der Waals surface area contributed by atoms with Gasteiger partial charge in [0.05, 0.1) is 52.9 Å². The second kappa shape index (κ2) is 15.0. The average molecular weight is 515 g/mol. The second-order valence-electron chi connectivity index (χ2n) is 9.52. The van der Waals surface area contributed by atoms with Crippen LogP contribution in [0.4, 0.5) is 5.69 Å². The molecule has 202 valence electrons. The van der Waals surface area contributed by atoms with Crippen LogP contribution in [-0.4, -0.2) is 57.6 Å². The summed E-state index contributed by atoms with van der Waals surface area (Å²) in [5, 5.41) is 3.36. The Labute approximate surface area is 227 Å². The van der Waals surface area contributed by atoms with E-state index in [1.165, 1.54) is 13.0 Å². The molecule has 4 rings (SSSR count). The standard InChI is InChI=1S/C22H23N5O.C9H19N/c1-3-9-23-17-11-20-18(24-12-17)7-8-19(27-20)22-21(25-14-26-22)16-6-4-5-15(10-16)13-28-2;1-5-7-10(8-6-2)9(3)4/h4-8,10-12,14,23H,3,9,13H2,1-2H3,(H,25,26);5,9H,1,6-8H2,2-4H3. The lowest BCUT2D eigenvalue weighted by Crippen LogP contribution is -2.31. The maximum absolute atomic E-state index is 5.25. The van der Waals surface area contributed by atoms with Crippen molar-refractivity contribution >= 4 is 16.7 Å². The van der Waals surface area contributed by atoms with Crippen molar-refractivity contribution in [1.82, 2.24) is 24.8 Å². The van der Waals surface area contributed by atoms with E-state index >= 15 is 0 Å². The molecule has 0 atom stereocenters. The predicted octanol–water partition coefficient (Wildman–Crippen LogP) is 6.95. The number of aromatic nitrogens is 4. The summed E-state index contributed by atoms with van der Waals surface area (Å²) in [6.45, 7) is 16.2. The quantitative estimate of drug-likeness (QED) is 0.199. The lowest BCUT2D eigenvalue weighted by atomic mass is 10.1. The van der Waals surface area contributed by atoms with E-state index in [0.29, 0.717) is 12.6 Å². The van der Waals surface area contributed by atoms with Gasteiger partial charge in [-0.05, 0) is 63.1 Å². The first-order chi connectivity index (χ1) is 18.5. The van der Waals surface area contributed by atoms with Gasteiger partial charge in [0.1, 0.15) is 0 Å². The van der Waals surface area contributed by atoms with Crippen LogP contribution in [0.1, 0.15) is 46.1 Å². The fourth-order valence-electron chi connectivity index (χ4n) is 4.21. The third kappa shape index (κ3) is 7.97. The zero-order valence-electron chi connectivity index (χ0n) is 23.5. The van der Waals surface area contributed by atoms with Crippen LogP contribution in [0.2, 0.25) is 0 Å². The van der Waals surface area contributed by atoms with Crippen LogP contribution in [0.3, 0.4) is 0 Å². The average Bonchev–Trinajstić information content (AvgIpc) is 3.42. The number of imidazole rings is 1. The topological polar surface area (TPSA) is 79.0 Å². The van der Waals surface area contributed by atoms with Crippen LogP contribution in [0.5, 0.6) is 0 Å². The van der Waals surface area contributed by atoms with Gasteiger partial charge in [0.2, 0.25) is 0 Å². The molecule has 0 radical (unpaired) electrons. The van der Waals surface area contributed by atoms with E-state index in [4.69, 9.17) is 9.72 Å². The summed E-state index contributed by atoms with van der Waals surface area (Å²) in [6, 6.07) is 14.9. The van der Waals surface area contributed by atoms with Crippen molar-refractivity contribution in [3.63, 3.8) is 0 Å². The minimum Gasteiger partial charge on any atom is -0.384 e. The van der Waals surface area contributed by atoms with Crippen LogP contribution < -0.4 is 5.32 Å². The molecule has 2 N–H and O–H groups in total. The largest absolute Gasteiger partial charge is 0.384 e. The van der Waals surface area contributed by atoms with Crippen molar-refractivity contribution in [2.75, 3.05) is 32.1 Å². The predicted molar refractivity (Wildman–Crippen MR) is 159 cm³/mol. The van der Waals surface area contributed by atoms with Crippen molar-refractivity contribution in [2.24, 2.45) is 0 Å². The molecule has 0 saturated carbocycles. The number of methoxy groups -OCH3 is 1. The highest BCUT2D eigenvalue weighted by molar-refractivity contribution is 5.83. The Morgan fingerprint density at radius 3 is 2.63 bits per heavy atom. The Hall–Kier alpha value is -3.55. The normalized spacial score (nSPS) is 11.0. The second-order valence-corrected chi connectivity index (χ2v) is 9.52. The molecule has 7 nitrogen and oxygen atoms in total. The van der Waals surface area contributed by atoms with Gasteiger partial charge in [0.25, 0.3) is 0 Å². The molecule has 1 aromatic carbocycles. The van der Waals surface area contributed by atoms with Crippen LogP contribution >= 0.6 is 0 Å². The minimum absolute atomic E-state index is 0.570. The maximum Gasteiger partial charge on any atom is 0.0977 e. The summed E-state index contributed by atoms with van der Waals surface area (Å²) in [4.78, 5) is 19.5. The first kappa shape index (κ1) is 29.0. The molecule has 38 heavy (non-hydrogen) atoms. The number of aromatic amines is 1. The number of rotatable bonds is 12. The molecule has 0 aliphatic rings. The number of hydrogen-bond donors (Lipinski definition) is 2. The molecule has 0 unspecified atom stereocenters. The highest BCUT2D eigenvalue weighted by atomic mass is 16.5. The van der Waals surface area contributed by atoms with Gasteiger partial charge in [-0.25, -0.2) is 9.97 Å². The van der Waals surface area contributed by atoms with E-state index < -0.39 is 0 Å². The van der Waals surface area contributed by atoms with E-state index in [2.05, 4.69) is 65.5 Å². The Bertz CT molecular complexity index is 1280. The number of ether oxygens (including phenoxy) is 1. The Kier molecular flexibility index (Phi) is 11.5. The van der Waals surface area contributed by atoms with Gasteiger partial charge < -0.3 is 15.0 Å². The van der Waals surface area contributed by atoms with Crippen molar-refractivity contribution < 1.29 is 4.74 Å². The molecule has 0 fully saturated rings. The fourth-order valence-corrected chi connectivity index (χ4v) is 4.21. The first-order valence-corrected chi connectivity index (χ1v) is 13.5. The molecular weight excluding hydrogens is 472 g/mol. The summed E-state index contributed by atoms with van der Waals surface area (Å²) in [7, 11) is 1.70. The van der Waals surface area contributed by atoms with E-state index in [1.807, 2.05) is 48.7 Å². The zero-order valence-corrected chi connectivity index (χ0v) is 23.5. The van der Waals surface area contributed by atoms with E-state index in [1.54, 1.807) is 13.4 Å². The van der Waals surface area contributed by atoms with Gasteiger partial charge in [-0.2, -0.15) is 0 Å². The summed E-state index contributed by atoms with van der Waals surface area (Å²) in [5.74, 6) is 0. The van der Waals surface area contributed by atoms with Crippen LogP contribution in [0, 0.1) is 0 Å². The summed E-state index contributed by atoms with van der Waals surface area (Å²) < 4.78 is 5.25. The van der Waals surface area contributed by atoms with Gasteiger partial charge in [-0.3, -0.25) is 9.88 Å².